The Kier molecular flexibility index (Phi) is 6.22. The van der Waals surface area contributed by atoms with E-state index >= 15 is 0 Å². The van der Waals surface area contributed by atoms with Crippen LogP contribution in [0, 0.1) is 0 Å². The Labute approximate surface area is 127 Å². The van der Waals surface area contributed by atoms with Crippen LogP contribution >= 0.6 is 0 Å². The molecule has 1 rings (SSSR count). The van der Waals surface area contributed by atoms with E-state index in [0.717, 1.165) is 12.1 Å². The number of amides is 1. The van der Waals surface area contributed by atoms with Gasteiger partial charge >= 0.3 is 6.36 Å². The van der Waals surface area contributed by atoms with Crippen LogP contribution in [0.2, 0.25) is 0 Å². The van der Waals surface area contributed by atoms with Gasteiger partial charge in [-0.1, -0.05) is 26.0 Å². The van der Waals surface area contributed by atoms with Crippen molar-refractivity contribution in [1.82, 2.24) is 5.32 Å². The second-order valence-electron chi connectivity index (χ2n) is 5.08. The third kappa shape index (κ3) is 6.34. The van der Waals surface area contributed by atoms with Crippen LogP contribution in [0.25, 0.3) is 0 Å². The molecule has 0 spiro atoms. The highest BCUT2D eigenvalue weighted by atomic mass is 19.4. The van der Waals surface area contributed by atoms with E-state index in [1.807, 2.05) is 13.8 Å². The first-order chi connectivity index (χ1) is 10.2. The second-order valence-corrected chi connectivity index (χ2v) is 5.08. The third-order valence-corrected chi connectivity index (χ3v) is 3.45. The summed E-state index contributed by atoms with van der Waals surface area (Å²) >= 11 is 0. The van der Waals surface area contributed by atoms with E-state index in [-0.39, 0.29) is 24.6 Å². The van der Waals surface area contributed by atoms with E-state index in [1.165, 1.54) is 12.1 Å². The van der Waals surface area contributed by atoms with Crippen molar-refractivity contribution in [3.63, 3.8) is 0 Å². The third-order valence-electron chi connectivity index (χ3n) is 3.45. The average molecular weight is 319 g/mol. The van der Waals surface area contributed by atoms with E-state index in [0.29, 0.717) is 18.4 Å². The SMILES string of the molecule is CCC(O)(CC)CNC(=O)Cc1ccc(OC(F)(F)F)cc1. The molecule has 4 nitrogen and oxygen atoms in total. The minimum Gasteiger partial charge on any atom is -0.406 e. The van der Waals surface area contributed by atoms with E-state index in [4.69, 9.17) is 0 Å². The Bertz CT molecular complexity index is 482. The summed E-state index contributed by atoms with van der Waals surface area (Å²) in [7, 11) is 0. The predicted octanol–water partition coefficient (Wildman–Crippen LogP) is 2.80. The monoisotopic (exact) mass is 319 g/mol. The molecule has 2 N–H and O–H groups in total. The molecule has 1 aromatic carbocycles. The van der Waals surface area contributed by atoms with Crippen molar-refractivity contribution >= 4 is 5.91 Å². The molecular formula is C15H20F3NO3. The van der Waals surface area contributed by atoms with E-state index < -0.39 is 12.0 Å². The lowest BCUT2D eigenvalue weighted by molar-refractivity contribution is -0.274. The molecule has 0 aliphatic heterocycles. The minimum absolute atomic E-state index is 0.0236. The van der Waals surface area contributed by atoms with Gasteiger partial charge in [0, 0.05) is 6.54 Å². The summed E-state index contributed by atoms with van der Waals surface area (Å²) in [6.45, 7) is 3.80. The average Bonchev–Trinajstić information content (AvgIpc) is 2.45. The molecule has 1 aromatic rings. The Hall–Kier alpha value is -1.76. The number of hydrogen-bond donors (Lipinski definition) is 2. The first kappa shape index (κ1) is 18.3. The molecule has 7 heteroatoms. The molecule has 22 heavy (non-hydrogen) atoms. The highest BCUT2D eigenvalue weighted by molar-refractivity contribution is 5.78. The Balaban J connectivity index is 2.51. The number of carbonyl (C=O) groups is 1. The standard InChI is InChI=1S/C15H20F3NO3/c1-3-14(21,4-2)10-19-13(20)9-11-5-7-12(8-6-11)22-15(16,17)18/h5-8,21H,3-4,9-10H2,1-2H3,(H,19,20). The van der Waals surface area contributed by atoms with Gasteiger partial charge < -0.3 is 15.2 Å². The number of rotatable bonds is 7. The number of benzene rings is 1. The van der Waals surface area contributed by atoms with E-state index in [2.05, 4.69) is 10.1 Å². The number of ether oxygens (including phenoxy) is 1. The highest BCUT2D eigenvalue weighted by Crippen LogP contribution is 2.22. The van der Waals surface area contributed by atoms with Crippen LogP contribution in [0.5, 0.6) is 5.75 Å². The number of halogens is 3. The molecular weight excluding hydrogens is 299 g/mol. The van der Waals surface area contributed by atoms with Crippen LogP contribution in [-0.4, -0.2) is 29.5 Å². The molecule has 0 saturated heterocycles. The fourth-order valence-corrected chi connectivity index (χ4v) is 1.82. The van der Waals surface area contributed by atoms with Crippen LogP contribution < -0.4 is 10.1 Å². The van der Waals surface area contributed by atoms with Gasteiger partial charge in [0.15, 0.2) is 0 Å². The van der Waals surface area contributed by atoms with Crippen molar-refractivity contribution in [2.45, 2.75) is 45.1 Å². The molecule has 0 aromatic heterocycles. The fourth-order valence-electron chi connectivity index (χ4n) is 1.82. The summed E-state index contributed by atoms with van der Waals surface area (Å²) in [6, 6.07) is 5.11. The van der Waals surface area contributed by atoms with Gasteiger partial charge in [0.05, 0.1) is 12.0 Å². The molecule has 0 saturated carbocycles. The van der Waals surface area contributed by atoms with Gasteiger partial charge in [-0.25, -0.2) is 0 Å². The number of aliphatic hydroxyl groups is 1. The van der Waals surface area contributed by atoms with Crippen molar-refractivity contribution in [3.8, 4) is 5.75 Å². The summed E-state index contributed by atoms with van der Waals surface area (Å²) in [5.41, 5.74) is -0.372. The Morgan fingerprint density at radius 3 is 2.18 bits per heavy atom. The Morgan fingerprint density at radius 1 is 1.18 bits per heavy atom. The predicted molar refractivity (Wildman–Crippen MR) is 75.4 cm³/mol. The largest absolute Gasteiger partial charge is 0.573 e. The summed E-state index contributed by atoms with van der Waals surface area (Å²) < 4.78 is 39.8. The molecule has 0 unspecified atom stereocenters. The zero-order valence-corrected chi connectivity index (χ0v) is 12.5. The van der Waals surface area contributed by atoms with Gasteiger partial charge in [0.1, 0.15) is 5.75 Å². The minimum atomic E-state index is -4.73. The van der Waals surface area contributed by atoms with Gasteiger partial charge in [0.2, 0.25) is 5.91 Å². The normalized spacial score (nSPS) is 12.1. The number of alkyl halides is 3. The van der Waals surface area contributed by atoms with E-state index in [9.17, 15) is 23.1 Å². The Morgan fingerprint density at radius 2 is 1.73 bits per heavy atom. The van der Waals surface area contributed by atoms with Crippen molar-refractivity contribution in [2.75, 3.05) is 6.54 Å². The molecule has 0 aliphatic rings. The zero-order valence-electron chi connectivity index (χ0n) is 12.5. The summed E-state index contributed by atoms with van der Waals surface area (Å²) in [5.74, 6) is -0.632. The maximum atomic E-state index is 12.0. The zero-order chi connectivity index (χ0) is 16.8. The molecule has 0 radical (unpaired) electrons. The van der Waals surface area contributed by atoms with Crippen molar-refractivity contribution < 1.29 is 27.8 Å². The van der Waals surface area contributed by atoms with Crippen molar-refractivity contribution in [2.24, 2.45) is 0 Å². The summed E-state index contributed by atoms with van der Waals surface area (Å²) in [4.78, 5) is 11.8. The van der Waals surface area contributed by atoms with Gasteiger partial charge in [-0.15, -0.1) is 13.2 Å². The van der Waals surface area contributed by atoms with Gasteiger partial charge in [-0.3, -0.25) is 4.79 Å². The lowest BCUT2D eigenvalue weighted by Gasteiger charge is -2.25. The topological polar surface area (TPSA) is 58.6 Å². The molecule has 0 bridgehead atoms. The quantitative estimate of drug-likeness (QED) is 0.812. The number of nitrogens with one attached hydrogen (secondary N) is 1. The lowest BCUT2D eigenvalue weighted by Crippen LogP contribution is -2.42. The first-order valence-electron chi connectivity index (χ1n) is 7.01. The van der Waals surface area contributed by atoms with Crippen LogP contribution in [-0.2, 0) is 11.2 Å². The smallest absolute Gasteiger partial charge is 0.406 e. The van der Waals surface area contributed by atoms with Gasteiger partial charge in [0.25, 0.3) is 0 Å². The summed E-state index contributed by atoms with van der Waals surface area (Å²) in [5, 5.41) is 12.7. The highest BCUT2D eigenvalue weighted by Gasteiger charge is 2.31. The van der Waals surface area contributed by atoms with Crippen molar-refractivity contribution in [3.05, 3.63) is 29.8 Å². The number of hydrogen-bond acceptors (Lipinski definition) is 3. The molecule has 0 fully saturated rings. The molecule has 0 heterocycles. The fraction of sp³-hybridized carbons (Fsp3) is 0.533. The lowest BCUT2D eigenvalue weighted by atomic mass is 9.97. The van der Waals surface area contributed by atoms with Gasteiger partial charge in [-0.05, 0) is 30.5 Å². The molecule has 124 valence electrons. The second kappa shape index (κ2) is 7.49. The van der Waals surface area contributed by atoms with Crippen LogP contribution in [0.15, 0.2) is 24.3 Å². The van der Waals surface area contributed by atoms with Gasteiger partial charge in [-0.2, -0.15) is 0 Å². The molecule has 0 aliphatic carbocycles. The molecule has 0 atom stereocenters. The van der Waals surface area contributed by atoms with E-state index in [1.54, 1.807) is 0 Å². The summed E-state index contributed by atoms with van der Waals surface area (Å²) in [6.07, 6.45) is -3.67. The molecule has 1 amide bonds. The maximum Gasteiger partial charge on any atom is 0.573 e. The van der Waals surface area contributed by atoms with Crippen LogP contribution in [0.1, 0.15) is 32.3 Å². The van der Waals surface area contributed by atoms with Crippen LogP contribution in [0.3, 0.4) is 0 Å². The maximum absolute atomic E-state index is 12.0. The van der Waals surface area contributed by atoms with Crippen LogP contribution in [0.4, 0.5) is 13.2 Å². The van der Waals surface area contributed by atoms with Crippen molar-refractivity contribution in [1.29, 1.82) is 0 Å². The first-order valence-corrected chi connectivity index (χ1v) is 7.01. The number of carbonyl (C=O) groups excluding carboxylic acids is 1.